The number of benzene rings is 2. The van der Waals surface area contributed by atoms with Crippen LogP contribution >= 0.6 is 11.6 Å². The Morgan fingerprint density at radius 1 is 1.18 bits per heavy atom. The van der Waals surface area contributed by atoms with E-state index in [1.807, 2.05) is 26.0 Å². The van der Waals surface area contributed by atoms with Crippen molar-refractivity contribution in [3.05, 3.63) is 58.6 Å². The van der Waals surface area contributed by atoms with Crippen LogP contribution in [0.5, 0.6) is 5.75 Å². The zero-order valence-electron chi connectivity index (χ0n) is 16.2. The van der Waals surface area contributed by atoms with E-state index in [-0.39, 0.29) is 23.5 Å². The monoisotopic (exact) mass is 424 g/mol. The van der Waals surface area contributed by atoms with Crippen molar-refractivity contribution < 1.29 is 17.9 Å². The Hall–Kier alpha value is -2.09. The van der Waals surface area contributed by atoms with E-state index >= 15 is 0 Å². The van der Waals surface area contributed by atoms with Gasteiger partial charge < -0.3 is 10.1 Å². The van der Waals surface area contributed by atoms with Crippen LogP contribution in [0.3, 0.4) is 0 Å². The number of aryl methyl sites for hydroxylation is 1. The van der Waals surface area contributed by atoms with Crippen LogP contribution in [-0.4, -0.2) is 27.5 Å². The number of carbonyl (C=O) groups excluding carboxylic acids is 1. The maximum absolute atomic E-state index is 12.2. The van der Waals surface area contributed by atoms with E-state index in [0.29, 0.717) is 29.3 Å². The summed E-state index contributed by atoms with van der Waals surface area (Å²) in [5.74, 6) is 0.187. The lowest BCUT2D eigenvalue weighted by atomic mass is 10.1. The summed E-state index contributed by atoms with van der Waals surface area (Å²) in [4.78, 5) is 12.3. The molecule has 0 aliphatic heterocycles. The highest BCUT2D eigenvalue weighted by Crippen LogP contribution is 2.22. The predicted molar refractivity (Wildman–Crippen MR) is 110 cm³/mol. The van der Waals surface area contributed by atoms with Crippen molar-refractivity contribution in [2.45, 2.75) is 38.1 Å². The fraction of sp³-hybridized carbons (Fsp3) is 0.350. The number of carbonyl (C=O) groups is 1. The molecule has 152 valence electrons. The number of amides is 1. The molecule has 0 heterocycles. The number of nitrogens with one attached hydrogen (secondary N) is 2. The predicted octanol–water partition coefficient (Wildman–Crippen LogP) is 3.59. The minimum Gasteiger partial charge on any atom is -0.484 e. The third kappa shape index (κ3) is 6.22. The highest BCUT2D eigenvalue weighted by Gasteiger charge is 2.15. The van der Waals surface area contributed by atoms with Gasteiger partial charge in [-0.25, -0.2) is 13.1 Å². The summed E-state index contributed by atoms with van der Waals surface area (Å²) in [7, 11) is -3.54. The van der Waals surface area contributed by atoms with Crippen molar-refractivity contribution in [2.75, 3.05) is 13.2 Å². The van der Waals surface area contributed by atoms with Gasteiger partial charge in [0.15, 0.2) is 6.61 Å². The van der Waals surface area contributed by atoms with Gasteiger partial charge in [0.25, 0.3) is 5.91 Å². The lowest BCUT2D eigenvalue weighted by Crippen LogP contribution is -2.31. The lowest BCUT2D eigenvalue weighted by Gasteiger charge is -2.16. The van der Waals surface area contributed by atoms with Crippen LogP contribution in [0.25, 0.3) is 0 Å². The second-order valence-corrected chi connectivity index (χ2v) is 8.66. The summed E-state index contributed by atoms with van der Waals surface area (Å²) in [5, 5.41) is 3.49. The molecule has 6 nitrogen and oxygen atoms in total. The smallest absolute Gasteiger partial charge is 0.258 e. The van der Waals surface area contributed by atoms with Crippen LogP contribution in [0, 0.1) is 6.92 Å². The molecule has 8 heteroatoms. The first kappa shape index (κ1) is 22.2. The first-order valence-electron chi connectivity index (χ1n) is 9.01. The number of hydrogen-bond acceptors (Lipinski definition) is 4. The van der Waals surface area contributed by atoms with Crippen LogP contribution in [0.4, 0.5) is 0 Å². The van der Waals surface area contributed by atoms with Gasteiger partial charge in [0, 0.05) is 11.6 Å². The van der Waals surface area contributed by atoms with Crippen LogP contribution in [-0.2, 0) is 14.8 Å². The second kappa shape index (κ2) is 9.91. The summed E-state index contributed by atoms with van der Waals surface area (Å²) >= 11 is 5.87. The molecule has 2 aromatic rings. The quantitative estimate of drug-likeness (QED) is 0.644. The average molecular weight is 425 g/mol. The Kier molecular flexibility index (Phi) is 7.86. The zero-order valence-corrected chi connectivity index (χ0v) is 17.7. The fourth-order valence-electron chi connectivity index (χ4n) is 2.53. The molecule has 0 unspecified atom stereocenters. The van der Waals surface area contributed by atoms with Gasteiger partial charge in [-0.3, -0.25) is 4.79 Å². The normalized spacial score (nSPS) is 12.4. The van der Waals surface area contributed by atoms with Gasteiger partial charge in [0.1, 0.15) is 5.75 Å². The van der Waals surface area contributed by atoms with Gasteiger partial charge in [-0.1, -0.05) is 30.7 Å². The Morgan fingerprint density at radius 2 is 1.86 bits per heavy atom. The maximum Gasteiger partial charge on any atom is 0.258 e. The maximum atomic E-state index is 12.2. The summed E-state index contributed by atoms with van der Waals surface area (Å²) in [6.45, 7) is 5.71. The Bertz CT molecular complexity index is 914. The molecule has 28 heavy (non-hydrogen) atoms. The molecular formula is C20H25ClN2O4S. The summed E-state index contributed by atoms with van der Waals surface area (Å²) in [5.41, 5.74) is 1.57. The fourth-order valence-corrected chi connectivity index (χ4v) is 3.88. The molecule has 1 atom stereocenters. The lowest BCUT2D eigenvalue weighted by molar-refractivity contribution is -0.123. The highest BCUT2D eigenvalue weighted by molar-refractivity contribution is 7.89. The van der Waals surface area contributed by atoms with Crippen molar-refractivity contribution in [3.63, 3.8) is 0 Å². The third-order valence-corrected chi connectivity index (χ3v) is 5.82. The molecule has 1 amide bonds. The summed E-state index contributed by atoms with van der Waals surface area (Å²) in [6, 6.07) is 11.6. The molecule has 0 aliphatic carbocycles. The number of halogens is 1. The number of ether oxygens (including phenoxy) is 1. The first-order valence-corrected chi connectivity index (χ1v) is 10.9. The molecule has 0 spiro atoms. The van der Waals surface area contributed by atoms with Gasteiger partial charge >= 0.3 is 0 Å². The highest BCUT2D eigenvalue weighted by atomic mass is 35.5. The van der Waals surface area contributed by atoms with E-state index in [0.717, 1.165) is 5.56 Å². The van der Waals surface area contributed by atoms with Gasteiger partial charge in [-0.2, -0.15) is 0 Å². The van der Waals surface area contributed by atoms with E-state index in [9.17, 15) is 13.2 Å². The van der Waals surface area contributed by atoms with Crippen molar-refractivity contribution in [3.8, 4) is 5.75 Å². The second-order valence-electron chi connectivity index (χ2n) is 6.45. The van der Waals surface area contributed by atoms with Gasteiger partial charge in [-0.05, 0) is 61.7 Å². The van der Waals surface area contributed by atoms with Crippen molar-refractivity contribution >= 4 is 27.5 Å². The molecule has 0 aliphatic rings. The number of rotatable bonds is 9. The van der Waals surface area contributed by atoms with Crippen molar-refractivity contribution in [1.82, 2.24) is 10.0 Å². The van der Waals surface area contributed by atoms with Gasteiger partial charge in [0.05, 0.1) is 10.9 Å². The molecule has 0 saturated heterocycles. The minimum atomic E-state index is -3.54. The SMILES string of the molecule is CCCNS(=O)(=O)c1ccc(OCC(=O)N[C@@H](C)c2ccc(Cl)cc2)c(C)c1. The molecular weight excluding hydrogens is 400 g/mol. The third-order valence-electron chi connectivity index (χ3n) is 4.11. The van der Waals surface area contributed by atoms with Crippen LogP contribution < -0.4 is 14.8 Å². The van der Waals surface area contributed by atoms with Gasteiger partial charge in [-0.15, -0.1) is 0 Å². The van der Waals surface area contributed by atoms with E-state index in [4.69, 9.17) is 16.3 Å². The summed E-state index contributed by atoms with van der Waals surface area (Å²) < 4.78 is 32.4. The topological polar surface area (TPSA) is 84.5 Å². The number of hydrogen-bond donors (Lipinski definition) is 2. The zero-order chi connectivity index (χ0) is 20.7. The number of sulfonamides is 1. The standard InChI is InChI=1S/C20H25ClN2O4S/c1-4-11-22-28(25,26)18-9-10-19(14(2)12-18)27-13-20(24)23-15(3)16-5-7-17(21)8-6-16/h5-10,12,15,22H,4,11,13H2,1-3H3,(H,23,24)/t15-/m0/s1. The van der Waals surface area contributed by atoms with Crippen LogP contribution in [0.2, 0.25) is 5.02 Å². The summed E-state index contributed by atoms with van der Waals surface area (Å²) in [6.07, 6.45) is 0.711. The molecule has 0 saturated carbocycles. The Balaban J connectivity index is 1.94. The van der Waals surface area contributed by atoms with E-state index < -0.39 is 10.0 Å². The first-order chi connectivity index (χ1) is 13.2. The molecule has 2 aromatic carbocycles. The van der Waals surface area contributed by atoms with Gasteiger partial charge in [0.2, 0.25) is 10.0 Å². The van der Waals surface area contributed by atoms with E-state index in [2.05, 4.69) is 10.0 Å². The molecule has 2 rings (SSSR count). The Morgan fingerprint density at radius 3 is 2.46 bits per heavy atom. The largest absolute Gasteiger partial charge is 0.484 e. The molecule has 0 radical (unpaired) electrons. The molecule has 0 aromatic heterocycles. The van der Waals surface area contributed by atoms with Crippen molar-refractivity contribution in [1.29, 1.82) is 0 Å². The van der Waals surface area contributed by atoms with Crippen LogP contribution in [0.1, 0.15) is 37.4 Å². The van der Waals surface area contributed by atoms with E-state index in [1.165, 1.54) is 12.1 Å². The Labute approximate surface area is 171 Å². The molecule has 2 N–H and O–H groups in total. The molecule has 0 fully saturated rings. The van der Waals surface area contributed by atoms with E-state index in [1.54, 1.807) is 25.1 Å². The van der Waals surface area contributed by atoms with Crippen LogP contribution in [0.15, 0.2) is 47.4 Å². The van der Waals surface area contributed by atoms with Crippen molar-refractivity contribution in [2.24, 2.45) is 0 Å². The minimum absolute atomic E-state index is 0.168. The average Bonchev–Trinajstić information content (AvgIpc) is 2.65. The molecule has 0 bridgehead atoms.